The second-order valence-corrected chi connectivity index (χ2v) is 6.15. The van der Waals surface area contributed by atoms with E-state index in [1.807, 2.05) is 6.92 Å². The van der Waals surface area contributed by atoms with Crippen molar-refractivity contribution in [3.63, 3.8) is 0 Å². The van der Waals surface area contributed by atoms with E-state index < -0.39 is 12.0 Å². The molecular formula is C16H22N2O4. The second kappa shape index (κ2) is 5.43. The van der Waals surface area contributed by atoms with Gasteiger partial charge in [0.1, 0.15) is 11.4 Å². The van der Waals surface area contributed by atoms with Gasteiger partial charge in [-0.25, -0.2) is 0 Å². The molecule has 120 valence electrons. The Hall–Kier alpha value is -1.82. The normalized spacial score (nSPS) is 20.6. The number of fused-ring (bicyclic) bond motifs is 2. The molecule has 6 nitrogen and oxygen atoms in total. The van der Waals surface area contributed by atoms with Gasteiger partial charge in [-0.2, -0.15) is 0 Å². The van der Waals surface area contributed by atoms with Gasteiger partial charge in [0.25, 0.3) is 11.5 Å². The molecule has 6 heteroatoms. The maximum absolute atomic E-state index is 12.9. The van der Waals surface area contributed by atoms with Gasteiger partial charge in [0.15, 0.2) is 12.0 Å². The number of nitrogens with zero attached hydrogens (tertiary/aromatic N) is 1. The molecule has 0 saturated heterocycles. The summed E-state index contributed by atoms with van der Waals surface area (Å²) in [5.41, 5.74) is 0.370. The van der Waals surface area contributed by atoms with Crippen LogP contribution in [0.5, 0.6) is 5.75 Å². The van der Waals surface area contributed by atoms with Crippen molar-refractivity contribution in [2.75, 3.05) is 7.11 Å². The molecule has 1 amide bonds. The molecule has 1 fully saturated rings. The fourth-order valence-corrected chi connectivity index (χ4v) is 3.53. The predicted octanol–water partition coefficient (Wildman–Crippen LogP) is 1.89. The molecule has 1 spiro atoms. The van der Waals surface area contributed by atoms with Crippen LogP contribution in [0.1, 0.15) is 55.1 Å². The molecule has 0 aromatic carbocycles. The Balaban J connectivity index is 2.14. The molecule has 1 aliphatic heterocycles. The number of ether oxygens (including phenoxy) is 2. The topological polar surface area (TPSA) is 69.6 Å². The SMILES string of the molecule is COC(C)Oc1cc(C)c2n(c1=O)C1(CCCCC1)NC2=O. The molecular weight excluding hydrogens is 284 g/mol. The van der Waals surface area contributed by atoms with Crippen LogP contribution >= 0.6 is 0 Å². The number of aromatic nitrogens is 1. The molecule has 2 aliphatic rings. The van der Waals surface area contributed by atoms with Gasteiger partial charge < -0.3 is 14.8 Å². The van der Waals surface area contributed by atoms with E-state index in [1.165, 1.54) is 7.11 Å². The molecule has 2 heterocycles. The molecule has 3 rings (SSSR count). The Morgan fingerprint density at radius 3 is 2.59 bits per heavy atom. The highest BCUT2D eigenvalue weighted by molar-refractivity contribution is 5.96. The number of pyridine rings is 1. The van der Waals surface area contributed by atoms with Crippen LogP contribution in [0.15, 0.2) is 10.9 Å². The van der Waals surface area contributed by atoms with E-state index in [-0.39, 0.29) is 17.2 Å². The molecule has 1 aromatic heterocycles. The summed E-state index contributed by atoms with van der Waals surface area (Å²) >= 11 is 0. The summed E-state index contributed by atoms with van der Waals surface area (Å²) < 4.78 is 12.3. The number of hydrogen-bond donors (Lipinski definition) is 1. The van der Waals surface area contributed by atoms with Gasteiger partial charge in [-0.05, 0) is 51.2 Å². The smallest absolute Gasteiger partial charge is 0.295 e. The predicted molar refractivity (Wildman–Crippen MR) is 81.1 cm³/mol. The molecule has 1 saturated carbocycles. The Morgan fingerprint density at radius 2 is 1.95 bits per heavy atom. The number of rotatable bonds is 3. The quantitative estimate of drug-likeness (QED) is 0.866. The van der Waals surface area contributed by atoms with Crippen molar-refractivity contribution in [2.45, 2.75) is 57.9 Å². The van der Waals surface area contributed by atoms with Crippen molar-refractivity contribution in [1.29, 1.82) is 0 Å². The lowest BCUT2D eigenvalue weighted by Crippen LogP contribution is -2.48. The van der Waals surface area contributed by atoms with Crippen LogP contribution in [0.2, 0.25) is 0 Å². The highest BCUT2D eigenvalue weighted by Crippen LogP contribution is 2.37. The first-order valence-electron chi connectivity index (χ1n) is 7.77. The lowest BCUT2D eigenvalue weighted by atomic mass is 9.89. The fraction of sp³-hybridized carbons (Fsp3) is 0.625. The zero-order valence-corrected chi connectivity index (χ0v) is 13.3. The van der Waals surface area contributed by atoms with Crippen molar-refractivity contribution in [3.05, 3.63) is 27.7 Å². The van der Waals surface area contributed by atoms with E-state index in [0.29, 0.717) is 5.69 Å². The van der Waals surface area contributed by atoms with E-state index >= 15 is 0 Å². The van der Waals surface area contributed by atoms with Gasteiger partial charge in [0, 0.05) is 7.11 Å². The maximum atomic E-state index is 12.9. The number of hydrogen-bond acceptors (Lipinski definition) is 4. The van der Waals surface area contributed by atoms with E-state index in [0.717, 1.165) is 37.7 Å². The summed E-state index contributed by atoms with van der Waals surface area (Å²) in [7, 11) is 1.52. The first kappa shape index (κ1) is 15.1. The van der Waals surface area contributed by atoms with Crippen LogP contribution in [-0.4, -0.2) is 23.9 Å². The zero-order valence-electron chi connectivity index (χ0n) is 13.3. The molecule has 1 unspecified atom stereocenters. The fourth-order valence-electron chi connectivity index (χ4n) is 3.53. The molecule has 0 bridgehead atoms. The van der Waals surface area contributed by atoms with Crippen molar-refractivity contribution in [1.82, 2.24) is 9.88 Å². The highest BCUT2D eigenvalue weighted by atomic mass is 16.7. The minimum Gasteiger partial charge on any atom is -0.459 e. The molecule has 22 heavy (non-hydrogen) atoms. The van der Waals surface area contributed by atoms with Crippen LogP contribution in [0.25, 0.3) is 0 Å². The van der Waals surface area contributed by atoms with Crippen molar-refractivity contribution in [3.8, 4) is 5.75 Å². The third-order valence-electron chi connectivity index (χ3n) is 4.65. The Kier molecular flexibility index (Phi) is 3.72. The average Bonchev–Trinajstić information content (AvgIpc) is 2.77. The first-order valence-corrected chi connectivity index (χ1v) is 7.77. The summed E-state index contributed by atoms with van der Waals surface area (Å²) in [6.07, 6.45) is 4.20. The van der Waals surface area contributed by atoms with Gasteiger partial charge in [-0.15, -0.1) is 0 Å². The third-order valence-corrected chi connectivity index (χ3v) is 4.65. The van der Waals surface area contributed by atoms with Crippen LogP contribution in [0.3, 0.4) is 0 Å². The third kappa shape index (κ3) is 2.22. The monoisotopic (exact) mass is 306 g/mol. The molecule has 1 atom stereocenters. The first-order chi connectivity index (χ1) is 10.5. The summed E-state index contributed by atoms with van der Waals surface area (Å²) in [6.45, 7) is 3.56. The molecule has 0 radical (unpaired) electrons. The van der Waals surface area contributed by atoms with Crippen molar-refractivity contribution in [2.24, 2.45) is 0 Å². The summed E-state index contributed by atoms with van der Waals surface area (Å²) in [5, 5.41) is 3.05. The Labute approximate surface area is 129 Å². The van der Waals surface area contributed by atoms with Crippen LogP contribution < -0.4 is 15.6 Å². The number of carbonyl (C=O) groups is 1. The minimum absolute atomic E-state index is 0.164. The Bertz CT molecular complexity index is 659. The van der Waals surface area contributed by atoms with Gasteiger partial charge in [-0.1, -0.05) is 6.42 Å². The van der Waals surface area contributed by atoms with Crippen LogP contribution in [-0.2, 0) is 10.4 Å². The lowest BCUT2D eigenvalue weighted by molar-refractivity contribution is -0.0398. The maximum Gasteiger partial charge on any atom is 0.295 e. The van der Waals surface area contributed by atoms with Crippen molar-refractivity contribution < 1.29 is 14.3 Å². The van der Waals surface area contributed by atoms with E-state index in [1.54, 1.807) is 17.6 Å². The number of nitrogens with one attached hydrogen (secondary N) is 1. The summed E-state index contributed by atoms with van der Waals surface area (Å²) in [5.74, 6) is 0.0693. The van der Waals surface area contributed by atoms with Crippen LogP contribution in [0, 0.1) is 6.92 Å². The van der Waals surface area contributed by atoms with Gasteiger partial charge in [0.2, 0.25) is 0 Å². The van der Waals surface area contributed by atoms with E-state index in [2.05, 4.69) is 5.32 Å². The lowest BCUT2D eigenvalue weighted by Gasteiger charge is -2.35. The number of amides is 1. The Morgan fingerprint density at radius 1 is 1.27 bits per heavy atom. The average molecular weight is 306 g/mol. The van der Waals surface area contributed by atoms with Crippen LogP contribution in [0.4, 0.5) is 0 Å². The number of aryl methyl sites for hydroxylation is 1. The zero-order chi connectivity index (χ0) is 15.9. The standard InChI is InChI=1S/C16H22N2O4/c1-10-9-12(22-11(2)21-3)15(20)18-13(10)14(19)17-16(18)7-5-4-6-8-16/h9,11H,4-8H2,1-3H3,(H,17,19). The van der Waals surface area contributed by atoms with E-state index in [4.69, 9.17) is 9.47 Å². The van der Waals surface area contributed by atoms with E-state index in [9.17, 15) is 9.59 Å². The van der Waals surface area contributed by atoms with Gasteiger partial charge in [-0.3, -0.25) is 14.2 Å². The minimum atomic E-state index is -0.581. The molecule has 1 aliphatic carbocycles. The second-order valence-electron chi connectivity index (χ2n) is 6.15. The molecule has 1 N–H and O–H groups in total. The summed E-state index contributed by atoms with van der Waals surface area (Å²) in [6, 6.07) is 1.63. The number of methoxy groups -OCH3 is 1. The highest BCUT2D eigenvalue weighted by Gasteiger charge is 2.45. The van der Waals surface area contributed by atoms with Gasteiger partial charge in [0.05, 0.1) is 0 Å². The number of carbonyl (C=O) groups excluding carboxylic acids is 1. The largest absolute Gasteiger partial charge is 0.459 e. The van der Waals surface area contributed by atoms with Gasteiger partial charge >= 0.3 is 0 Å². The van der Waals surface area contributed by atoms with Crippen molar-refractivity contribution >= 4 is 5.91 Å². The molecule has 1 aromatic rings. The summed E-state index contributed by atoms with van der Waals surface area (Å²) in [4.78, 5) is 25.2.